The number of nitrogens with zero attached hydrogens (tertiary/aromatic N) is 1. The van der Waals surface area contributed by atoms with Gasteiger partial charge in [0.15, 0.2) is 0 Å². The Balaban J connectivity index is 1.75. The van der Waals surface area contributed by atoms with Gasteiger partial charge in [-0.25, -0.2) is 9.69 Å². The Morgan fingerprint density at radius 2 is 1.92 bits per heavy atom. The van der Waals surface area contributed by atoms with Crippen molar-refractivity contribution in [1.82, 2.24) is 10.2 Å². The molecule has 1 atom stereocenters. The van der Waals surface area contributed by atoms with Gasteiger partial charge in [-0.2, -0.15) is 0 Å². The SMILES string of the molecule is C[C@@H](C(=O)Nc1ccc(Cl)cc1Cl)N1C(=O)NC2(CCCCC2)C1=O. The molecular formula is C17H19Cl2N3O3. The number of urea groups is 1. The number of anilines is 1. The van der Waals surface area contributed by atoms with Crippen LogP contribution in [0.1, 0.15) is 39.0 Å². The van der Waals surface area contributed by atoms with E-state index in [0.29, 0.717) is 23.6 Å². The van der Waals surface area contributed by atoms with Crippen molar-refractivity contribution >= 4 is 46.7 Å². The van der Waals surface area contributed by atoms with Crippen molar-refractivity contribution in [3.05, 3.63) is 28.2 Å². The molecular weight excluding hydrogens is 365 g/mol. The summed E-state index contributed by atoms with van der Waals surface area (Å²) in [4.78, 5) is 38.7. The largest absolute Gasteiger partial charge is 0.325 e. The van der Waals surface area contributed by atoms with E-state index in [-0.39, 0.29) is 10.9 Å². The third-order valence-electron chi connectivity index (χ3n) is 4.86. The average molecular weight is 384 g/mol. The van der Waals surface area contributed by atoms with Gasteiger partial charge in [-0.3, -0.25) is 9.59 Å². The molecule has 1 aliphatic heterocycles. The molecule has 2 N–H and O–H groups in total. The molecule has 0 radical (unpaired) electrons. The van der Waals surface area contributed by atoms with Crippen LogP contribution in [-0.2, 0) is 9.59 Å². The van der Waals surface area contributed by atoms with Gasteiger partial charge in [-0.1, -0.05) is 42.5 Å². The molecule has 1 saturated heterocycles. The van der Waals surface area contributed by atoms with Gasteiger partial charge in [-0.15, -0.1) is 0 Å². The molecule has 2 fully saturated rings. The van der Waals surface area contributed by atoms with Crippen molar-refractivity contribution in [1.29, 1.82) is 0 Å². The van der Waals surface area contributed by atoms with E-state index in [1.807, 2.05) is 0 Å². The van der Waals surface area contributed by atoms with Crippen LogP contribution in [0, 0.1) is 0 Å². The number of benzene rings is 1. The normalized spacial score (nSPS) is 20.5. The second-order valence-corrected chi connectivity index (χ2v) is 7.38. The van der Waals surface area contributed by atoms with Crippen LogP contribution in [0.3, 0.4) is 0 Å². The Hall–Kier alpha value is -1.79. The molecule has 1 aliphatic carbocycles. The molecule has 0 bridgehead atoms. The summed E-state index contributed by atoms with van der Waals surface area (Å²) < 4.78 is 0. The number of hydrogen-bond acceptors (Lipinski definition) is 3. The summed E-state index contributed by atoms with van der Waals surface area (Å²) in [5.41, 5.74) is -0.468. The summed E-state index contributed by atoms with van der Waals surface area (Å²) in [5.74, 6) is -0.803. The zero-order valence-corrected chi connectivity index (χ0v) is 15.3. The maximum Gasteiger partial charge on any atom is 0.325 e. The number of carbonyl (C=O) groups excluding carboxylic acids is 3. The van der Waals surface area contributed by atoms with Crippen molar-refractivity contribution in [2.45, 2.75) is 50.6 Å². The van der Waals surface area contributed by atoms with Crippen LogP contribution in [-0.4, -0.2) is 34.3 Å². The molecule has 0 unspecified atom stereocenters. The fraction of sp³-hybridized carbons (Fsp3) is 0.471. The lowest BCUT2D eigenvalue weighted by Crippen LogP contribution is -2.50. The summed E-state index contributed by atoms with van der Waals surface area (Å²) in [7, 11) is 0. The molecule has 1 heterocycles. The summed E-state index contributed by atoms with van der Waals surface area (Å²) in [6, 6.07) is 3.22. The molecule has 2 aliphatic rings. The minimum atomic E-state index is -0.944. The predicted molar refractivity (Wildman–Crippen MR) is 95.7 cm³/mol. The molecule has 3 rings (SSSR count). The second kappa shape index (κ2) is 6.84. The van der Waals surface area contributed by atoms with Crippen molar-refractivity contribution in [3.63, 3.8) is 0 Å². The Morgan fingerprint density at radius 3 is 2.56 bits per heavy atom. The monoisotopic (exact) mass is 383 g/mol. The number of amides is 4. The van der Waals surface area contributed by atoms with Crippen LogP contribution in [0.4, 0.5) is 10.5 Å². The highest BCUT2D eigenvalue weighted by Crippen LogP contribution is 2.34. The van der Waals surface area contributed by atoms with E-state index >= 15 is 0 Å². The van der Waals surface area contributed by atoms with Crippen LogP contribution in [0.15, 0.2) is 18.2 Å². The van der Waals surface area contributed by atoms with Gasteiger partial charge in [0.25, 0.3) is 5.91 Å². The lowest BCUT2D eigenvalue weighted by molar-refractivity contribution is -0.137. The van der Waals surface area contributed by atoms with E-state index < -0.39 is 23.5 Å². The third-order valence-corrected chi connectivity index (χ3v) is 5.40. The fourth-order valence-corrected chi connectivity index (χ4v) is 3.89. The minimum Gasteiger partial charge on any atom is -0.323 e. The third kappa shape index (κ3) is 3.33. The van der Waals surface area contributed by atoms with Crippen LogP contribution >= 0.6 is 23.2 Å². The van der Waals surface area contributed by atoms with Crippen LogP contribution in [0.25, 0.3) is 0 Å². The molecule has 6 nitrogen and oxygen atoms in total. The van der Waals surface area contributed by atoms with E-state index in [2.05, 4.69) is 10.6 Å². The summed E-state index contributed by atoms with van der Waals surface area (Å²) in [6.45, 7) is 1.53. The minimum absolute atomic E-state index is 0.286. The quantitative estimate of drug-likeness (QED) is 0.782. The van der Waals surface area contributed by atoms with Crippen LogP contribution < -0.4 is 10.6 Å². The number of halogens is 2. The van der Waals surface area contributed by atoms with Gasteiger partial charge in [0.2, 0.25) is 5.91 Å². The smallest absolute Gasteiger partial charge is 0.323 e. The maximum absolute atomic E-state index is 12.8. The first-order valence-electron chi connectivity index (χ1n) is 8.26. The molecule has 1 aromatic carbocycles. The summed E-state index contributed by atoms with van der Waals surface area (Å²) in [5, 5.41) is 6.18. The van der Waals surface area contributed by atoms with Gasteiger partial charge in [0.05, 0.1) is 10.7 Å². The Labute approximate surface area is 155 Å². The highest BCUT2D eigenvalue weighted by atomic mass is 35.5. The molecule has 0 aromatic heterocycles. The van der Waals surface area contributed by atoms with Crippen molar-refractivity contribution in [3.8, 4) is 0 Å². The fourth-order valence-electron chi connectivity index (χ4n) is 3.43. The van der Waals surface area contributed by atoms with E-state index in [9.17, 15) is 14.4 Å². The second-order valence-electron chi connectivity index (χ2n) is 6.54. The molecule has 25 heavy (non-hydrogen) atoms. The Bertz CT molecular complexity index is 732. The predicted octanol–water partition coefficient (Wildman–Crippen LogP) is 3.58. The first kappa shape index (κ1) is 18.0. The van der Waals surface area contributed by atoms with Crippen molar-refractivity contribution in [2.24, 2.45) is 0 Å². The van der Waals surface area contributed by atoms with Gasteiger partial charge < -0.3 is 10.6 Å². The number of imide groups is 1. The summed E-state index contributed by atoms with van der Waals surface area (Å²) >= 11 is 11.9. The molecule has 8 heteroatoms. The lowest BCUT2D eigenvalue weighted by Gasteiger charge is -2.31. The molecule has 1 saturated carbocycles. The molecule has 1 aromatic rings. The zero-order valence-electron chi connectivity index (χ0n) is 13.8. The van der Waals surface area contributed by atoms with Gasteiger partial charge in [0.1, 0.15) is 11.6 Å². The average Bonchev–Trinajstić information content (AvgIpc) is 2.80. The van der Waals surface area contributed by atoms with E-state index in [1.54, 1.807) is 12.1 Å². The van der Waals surface area contributed by atoms with E-state index in [4.69, 9.17) is 23.2 Å². The van der Waals surface area contributed by atoms with E-state index in [1.165, 1.54) is 13.0 Å². The van der Waals surface area contributed by atoms with Gasteiger partial charge in [0, 0.05) is 5.02 Å². The molecule has 4 amide bonds. The van der Waals surface area contributed by atoms with Crippen LogP contribution in [0.5, 0.6) is 0 Å². The molecule has 1 spiro atoms. The summed E-state index contributed by atoms with van der Waals surface area (Å²) in [6.07, 6.45) is 4.06. The van der Waals surface area contributed by atoms with E-state index in [0.717, 1.165) is 24.2 Å². The Kier molecular flexibility index (Phi) is 4.93. The van der Waals surface area contributed by atoms with Gasteiger partial charge in [-0.05, 0) is 38.0 Å². The first-order valence-corrected chi connectivity index (χ1v) is 9.01. The van der Waals surface area contributed by atoms with Gasteiger partial charge >= 0.3 is 6.03 Å². The lowest BCUT2D eigenvalue weighted by atomic mass is 9.81. The topological polar surface area (TPSA) is 78.5 Å². The number of nitrogens with one attached hydrogen (secondary N) is 2. The Morgan fingerprint density at radius 1 is 1.24 bits per heavy atom. The number of carbonyl (C=O) groups is 3. The van der Waals surface area contributed by atoms with Crippen molar-refractivity contribution < 1.29 is 14.4 Å². The number of rotatable bonds is 3. The molecule has 134 valence electrons. The maximum atomic E-state index is 12.8. The first-order chi connectivity index (χ1) is 11.8. The zero-order chi connectivity index (χ0) is 18.2. The van der Waals surface area contributed by atoms with Crippen molar-refractivity contribution in [2.75, 3.05) is 5.32 Å². The number of hydrogen-bond donors (Lipinski definition) is 2. The highest BCUT2D eigenvalue weighted by molar-refractivity contribution is 6.36. The highest BCUT2D eigenvalue weighted by Gasteiger charge is 2.53. The van der Waals surface area contributed by atoms with Crippen LogP contribution in [0.2, 0.25) is 10.0 Å². The standard InChI is InChI=1S/C17H19Cl2N3O3/c1-10(14(23)20-13-6-5-11(18)9-12(13)19)22-15(24)17(21-16(22)25)7-3-2-4-8-17/h5-6,9-10H,2-4,7-8H2,1H3,(H,20,23)(H,21,25)/t10-/m0/s1.